The number of halogens is 1. The van der Waals surface area contributed by atoms with Gasteiger partial charge in [0.1, 0.15) is 0 Å². The van der Waals surface area contributed by atoms with E-state index < -0.39 is 10.0 Å². The molecule has 0 fully saturated rings. The minimum atomic E-state index is -3.66. The van der Waals surface area contributed by atoms with Crippen molar-refractivity contribution in [3.63, 3.8) is 0 Å². The highest BCUT2D eigenvalue weighted by atomic mass is 79.9. The average Bonchev–Trinajstić information content (AvgIpc) is 2.39. The first-order chi connectivity index (χ1) is 9.64. The molecule has 0 bridgehead atoms. The third kappa shape index (κ3) is 5.09. The normalized spacial score (nSPS) is 12.0. The molecule has 5 nitrogen and oxygen atoms in total. The molecule has 0 spiro atoms. The predicted molar refractivity (Wildman–Crippen MR) is 86.5 cm³/mol. The number of likely N-dealkylation sites (N-methyl/N-ethyl adjacent to an activating group) is 1. The van der Waals surface area contributed by atoms with Gasteiger partial charge in [-0.3, -0.25) is 4.79 Å². The number of carbonyl (C=O) groups is 1. The number of carbonyl (C=O) groups excluding carboxylic acids is 1. The van der Waals surface area contributed by atoms with Crippen LogP contribution < -0.4 is 5.32 Å². The van der Waals surface area contributed by atoms with E-state index in [0.29, 0.717) is 12.5 Å². The maximum Gasteiger partial charge on any atom is 0.243 e. The van der Waals surface area contributed by atoms with Gasteiger partial charge in [0, 0.05) is 18.1 Å². The summed E-state index contributed by atoms with van der Waals surface area (Å²) in [6.07, 6.45) is 0. The second-order valence-corrected chi connectivity index (χ2v) is 8.27. The van der Waals surface area contributed by atoms with Crippen molar-refractivity contribution >= 4 is 31.9 Å². The highest BCUT2D eigenvalue weighted by Crippen LogP contribution is 2.21. The number of benzene rings is 1. The number of hydrogen-bond acceptors (Lipinski definition) is 3. The third-order valence-corrected chi connectivity index (χ3v) is 5.60. The molecule has 0 aliphatic rings. The highest BCUT2D eigenvalue weighted by Gasteiger charge is 2.23. The first-order valence-electron chi connectivity index (χ1n) is 6.63. The van der Waals surface area contributed by atoms with Gasteiger partial charge >= 0.3 is 0 Å². The Balaban J connectivity index is 2.82. The molecule has 0 aliphatic carbocycles. The van der Waals surface area contributed by atoms with Crippen molar-refractivity contribution in [3.8, 4) is 0 Å². The third-order valence-electron chi connectivity index (χ3n) is 2.91. The van der Waals surface area contributed by atoms with Crippen molar-refractivity contribution in [1.29, 1.82) is 0 Å². The zero-order valence-electron chi connectivity index (χ0n) is 12.7. The fourth-order valence-electron chi connectivity index (χ4n) is 1.62. The smallest absolute Gasteiger partial charge is 0.243 e. The number of aryl methyl sites for hydroxylation is 1. The molecular weight excluding hydrogens is 356 g/mol. The molecular formula is C14H21BrN2O3S. The van der Waals surface area contributed by atoms with Crippen LogP contribution in [-0.4, -0.2) is 38.8 Å². The highest BCUT2D eigenvalue weighted by molar-refractivity contribution is 9.10. The van der Waals surface area contributed by atoms with Gasteiger partial charge in [0.15, 0.2) is 0 Å². The summed E-state index contributed by atoms with van der Waals surface area (Å²) in [5.74, 6) is 0.0218. The summed E-state index contributed by atoms with van der Waals surface area (Å²) in [6, 6.07) is 4.80. The number of rotatable bonds is 6. The van der Waals surface area contributed by atoms with Crippen LogP contribution in [0.1, 0.15) is 19.4 Å². The Morgan fingerprint density at radius 2 is 2.00 bits per heavy atom. The zero-order valence-corrected chi connectivity index (χ0v) is 15.1. The van der Waals surface area contributed by atoms with Crippen molar-refractivity contribution in [2.24, 2.45) is 5.92 Å². The molecule has 118 valence electrons. The molecule has 1 aromatic rings. The molecule has 1 N–H and O–H groups in total. The summed E-state index contributed by atoms with van der Waals surface area (Å²) < 4.78 is 26.7. The second-order valence-electron chi connectivity index (χ2n) is 5.37. The van der Waals surface area contributed by atoms with Crippen molar-refractivity contribution in [2.45, 2.75) is 25.7 Å². The van der Waals surface area contributed by atoms with Crippen molar-refractivity contribution in [1.82, 2.24) is 9.62 Å². The lowest BCUT2D eigenvalue weighted by Crippen LogP contribution is -2.39. The van der Waals surface area contributed by atoms with E-state index in [-0.39, 0.29) is 17.3 Å². The molecule has 0 heterocycles. The minimum absolute atomic E-state index is 0.183. The minimum Gasteiger partial charge on any atom is -0.355 e. The van der Waals surface area contributed by atoms with E-state index in [2.05, 4.69) is 21.2 Å². The van der Waals surface area contributed by atoms with Crippen molar-refractivity contribution in [3.05, 3.63) is 28.2 Å². The Labute approximate surface area is 134 Å². The molecule has 0 radical (unpaired) electrons. The van der Waals surface area contributed by atoms with E-state index in [0.717, 1.165) is 14.3 Å². The predicted octanol–water partition coefficient (Wildman–Crippen LogP) is 2.15. The summed E-state index contributed by atoms with van der Waals surface area (Å²) in [5, 5.41) is 2.70. The van der Waals surface area contributed by atoms with Gasteiger partial charge in [0.25, 0.3) is 0 Å². The molecule has 0 saturated heterocycles. The SMILES string of the molecule is Cc1cc(S(=O)(=O)N(C)CC(=O)NCC(C)C)ccc1Br. The Hall–Kier alpha value is -0.920. The summed E-state index contributed by atoms with van der Waals surface area (Å²) in [5.41, 5.74) is 0.828. The summed E-state index contributed by atoms with van der Waals surface area (Å²) in [4.78, 5) is 11.9. The van der Waals surface area contributed by atoms with Crippen LogP contribution in [0.3, 0.4) is 0 Å². The monoisotopic (exact) mass is 376 g/mol. The van der Waals surface area contributed by atoms with E-state index in [1.165, 1.54) is 13.1 Å². The number of nitrogens with zero attached hydrogens (tertiary/aromatic N) is 1. The number of hydrogen-bond donors (Lipinski definition) is 1. The Morgan fingerprint density at radius 3 is 2.52 bits per heavy atom. The molecule has 0 atom stereocenters. The number of amides is 1. The first-order valence-corrected chi connectivity index (χ1v) is 8.87. The molecule has 0 aromatic heterocycles. The van der Waals surface area contributed by atoms with Crippen molar-refractivity contribution < 1.29 is 13.2 Å². The van der Waals surface area contributed by atoms with Crippen LogP contribution >= 0.6 is 15.9 Å². The molecule has 1 amide bonds. The maximum atomic E-state index is 12.4. The lowest BCUT2D eigenvalue weighted by atomic mass is 10.2. The van der Waals surface area contributed by atoms with Gasteiger partial charge < -0.3 is 5.32 Å². The topological polar surface area (TPSA) is 66.5 Å². The van der Waals surface area contributed by atoms with E-state index in [1.807, 2.05) is 20.8 Å². The van der Waals surface area contributed by atoms with E-state index in [4.69, 9.17) is 0 Å². The zero-order chi connectivity index (χ0) is 16.2. The van der Waals surface area contributed by atoms with Crippen LogP contribution in [0, 0.1) is 12.8 Å². The van der Waals surface area contributed by atoms with Crippen LogP contribution in [0.5, 0.6) is 0 Å². The molecule has 0 unspecified atom stereocenters. The van der Waals surface area contributed by atoms with Crippen molar-refractivity contribution in [2.75, 3.05) is 20.1 Å². The van der Waals surface area contributed by atoms with Crippen LogP contribution in [0.4, 0.5) is 0 Å². The number of sulfonamides is 1. The lowest BCUT2D eigenvalue weighted by molar-refractivity contribution is -0.121. The van der Waals surface area contributed by atoms with Crippen LogP contribution in [0.25, 0.3) is 0 Å². The fraction of sp³-hybridized carbons (Fsp3) is 0.500. The maximum absolute atomic E-state index is 12.4. The lowest BCUT2D eigenvalue weighted by Gasteiger charge is -2.18. The van der Waals surface area contributed by atoms with E-state index in [9.17, 15) is 13.2 Å². The van der Waals surface area contributed by atoms with Crippen LogP contribution in [0.15, 0.2) is 27.6 Å². The quantitative estimate of drug-likeness (QED) is 0.826. The van der Waals surface area contributed by atoms with Crippen LogP contribution in [-0.2, 0) is 14.8 Å². The molecule has 1 rings (SSSR count). The van der Waals surface area contributed by atoms with Gasteiger partial charge in [0.2, 0.25) is 15.9 Å². The standard InChI is InChI=1S/C14H21BrN2O3S/c1-10(2)8-16-14(18)9-17(4)21(19,20)12-5-6-13(15)11(3)7-12/h5-7,10H,8-9H2,1-4H3,(H,16,18). The fourth-order valence-corrected chi connectivity index (χ4v) is 3.08. The second kappa shape index (κ2) is 7.38. The average molecular weight is 377 g/mol. The summed E-state index contributed by atoms with van der Waals surface area (Å²) >= 11 is 3.33. The van der Waals surface area contributed by atoms with Gasteiger partial charge in [-0.05, 0) is 36.6 Å². The summed E-state index contributed by atoms with van der Waals surface area (Å²) in [6.45, 7) is 6.11. The molecule has 0 aliphatic heterocycles. The first kappa shape index (κ1) is 18.1. The number of nitrogens with one attached hydrogen (secondary N) is 1. The molecule has 7 heteroatoms. The van der Waals surface area contributed by atoms with Crippen LogP contribution in [0.2, 0.25) is 0 Å². The Kier molecular flexibility index (Phi) is 6.37. The Morgan fingerprint density at radius 1 is 1.38 bits per heavy atom. The summed E-state index contributed by atoms with van der Waals surface area (Å²) in [7, 11) is -2.26. The van der Waals surface area contributed by atoms with E-state index in [1.54, 1.807) is 12.1 Å². The van der Waals surface area contributed by atoms with E-state index >= 15 is 0 Å². The van der Waals surface area contributed by atoms with Gasteiger partial charge in [-0.15, -0.1) is 0 Å². The van der Waals surface area contributed by atoms with Gasteiger partial charge in [0.05, 0.1) is 11.4 Å². The largest absolute Gasteiger partial charge is 0.355 e. The molecule has 1 aromatic carbocycles. The Bertz CT molecular complexity index is 615. The molecule has 21 heavy (non-hydrogen) atoms. The molecule has 0 saturated carbocycles. The van der Waals surface area contributed by atoms with Gasteiger partial charge in [-0.1, -0.05) is 29.8 Å². The van der Waals surface area contributed by atoms with Gasteiger partial charge in [-0.25, -0.2) is 8.42 Å². The van der Waals surface area contributed by atoms with Gasteiger partial charge in [-0.2, -0.15) is 4.31 Å².